The van der Waals surface area contributed by atoms with Gasteiger partial charge in [-0.2, -0.15) is 0 Å². The Labute approximate surface area is 41.2 Å². The summed E-state index contributed by atoms with van der Waals surface area (Å²) in [6.45, 7) is 0. The Hall–Kier alpha value is 0.270. The van der Waals surface area contributed by atoms with Crippen LogP contribution in [0.15, 0.2) is 0 Å². The second-order valence-electron chi connectivity index (χ2n) is 1.25. The van der Waals surface area contributed by atoms with E-state index in [1.54, 1.807) is 0 Å². The van der Waals surface area contributed by atoms with Gasteiger partial charge in [0.15, 0.2) is 0 Å². The highest BCUT2D eigenvalue weighted by Crippen LogP contribution is 2.16. The van der Waals surface area contributed by atoms with Crippen molar-refractivity contribution in [3.05, 3.63) is 0 Å². The molecule has 2 nitrogen and oxygen atoms in total. The molecule has 0 spiro atoms. The Balaban J connectivity index is 2.18. The molecule has 36 valence electrons. The summed E-state index contributed by atoms with van der Waals surface area (Å²) >= 11 is 1.46. The van der Waals surface area contributed by atoms with Crippen molar-refractivity contribution in [2.24, 2.45) is 5.73 Å². The SMILES string of the molecule is NC1CCSO1. The molecule has 1 rings (SSSR count). The Morgan fingerprint density at radius 3 is 2.83 bits per heavy atom. The van der Waals surface area contributed by atoms with Crippen LogP contribution in [0.3, 0.4) is 0 Å². The smallest absolute Gasteiger partial charge is 0.121 e. The predicted molar refractivity (Wildman–Crippen MR) is 26.1 cm³/mol. The van der Waals surface area contributed by atoms with Crippen LogP contribution in [-0.2, 0) is 4.18 Å². The monoisotopic (exact) mass is 105 g/mol. The van der Waals surface area contributed by atoms with E-state index in [9.17, 15) is 0 Å². The topological polar surface area (TPSA) is 35.2 Å². The second kappa shape index (κ2) is 1.82. The molecule has 1 fully saturated rings. The summed E-state index contributed by atoms with van der Waals surface area (Å²) in [5.74, 6) is 1.06. The Kier molecular flexibility index (Phi) is 1.34. The standard InChI is InChI=1S/C3H7NOS/c4-3-1-2-6-5-3/h3H,1-2,4H2. The molecule has 3 heteroatoms. The minimum atomic E-state index is 0.00926. The summed E-state index contributed by atoms with van der Waals surface area (Å²) in [4.78, 5) is 0. The van der Waals surface area contributed by atoms with Gasteiger partial charge in [-0.3, -0.25) is 4.18 Å². The fraction of sp³-hybridized carbons (Fsp3) is 1.00. The first-order valence-electron chi connectivity index (χ1n) is 1.93. The van der Waals surface area contributed by atoms with Gasteiger partial charge >= 0.3 is 0 Å². The molecule has 0 aromatic heterocycles. The first kappa shape index (κ1) is 4.43. The summed E-state index contributed by atoms with van der Waals surface area (Å²) in [7, 11) is 0. The van der Waals surface area contributed by atoms with Gasteiger partial charge in [0.1, 0.15) is 6.23 Å². The molecule has 0 aromatic carbocycles. The van der Waals surface area contributed by atoms with Crippen molar-refractivity contribution in [1.82, 2.24) is 0 Å². The van der Waals surface area contributed by atoms with Gasteiger partial charge in [-0.1, -0.05) is 0 Å². The van der Waals surface area contributed by atoms with Crippen LogP contribution in [0.25, 0.3) is 0 Å². The molecule has 2 N–H and O–H groups in total. The van der Waals surface area contributed by atoms with Crippen molar-refractivity contribution in [3.63, 3.8) is 0 Å². The Morgan fingerprint density at radius 1 is 1.83 bits per heavy atom. The van der Waals surface area contributed by atoms with E-state index in [2.05, 4.69) is 0 Å². The fourth-order valence-corrected chi connectivity index (χ4v) is 1.04. The summed E-state index contributed by atoms with van der Waals surface area (Å²) < 4.78 is 4.85. The number of hydrogen-bond acceptors (Lipinski definition) is 3. The van der Waals surface area contributed by atoms with E-state index in [1.165, 1.54) is 12.0 Å². The van der Waals surface area contributed by atoms with Gasteiger partial charge in [0.2, 0.25) is 0 Å². The van der Waals surface area contributed by atoms with Crippen LogP contribution in [0.5, 0.6) is 0 Å². The molecule has 1 unspecified atom stereocenters. The van der Waals surface area contributed by atoms with Gasteiger partial charge < -0.3 is 5.73 Å². The highest BCUT2D eigenvalue weighted by Gasteiger charge is 2.09. The van der Waals surface area contributed by atoms with Crippen molar-refractivity contribution < 1.29 is 4.18 Å². The lowest BCUT2D eigenvalue weighted by Gasteiger charge is -1.92. The van der Waals surface area contributed by atoms with E-state index in [1.807, 2.05) is 0 Å². The molecule has 0 bridgehead atoms. The number of hydrogen-bond donors (Lipinski definition) is 1. The highest BCUT2D eigenvalue weighted by molar-refractivity contribution is 7.94. The lowest BCUT2D eigenvalue weighted by atomic mass is 10.5. The molecule has 0 aliphatic carbocycles. The average Bonchev–Trinajstić information content (AvgIpc) is 1.86. The van der Waals surface area contributed by atoms with Gasteiger partial charge in [0.25, 0.3) is 0 Å². The van der Waals surface area contributed by atoms with Crippen molar-refractivity contribution in [3.8, 4) is 0 Å². The molecule has 1 aliphatic rings. The quantitative estimate of drug-likeness (QED) is 0.451. The maximum absolute atomic E-state index is 5.29. The number of rotatable bonds is 0. The lowest BCUT2D eigenvalue weighted by Crippen LogP contribution is -2.15. The molecule has 0 saturated carbocycles. The maximum atomic E-state index is 5.29. The van der Waals surface area contributed by atoms with Crippen LogP contribution >= 0.6 is 12.0 Å². The third kappa shape index (κ3) is 0.864. The van der Waals surface area contributed by atoms with Gasteiger partial charge in [-0.15, -0.1) is 0 Å². The summed E-state index contributed by atoms with van der Waals surface area (Å²) in [6.07, 6.45) is 1.01. The van der Waals surface area contributed by atoms with E-state index in [0.717, 1.165) is 12.2 Å². The summed E-state index contributed by atoms with van der Waals surface area (Å²) in [6, 6.07) is 0. The molecule has 6 heavy (non-hydrogen) atoms. The van der Waals surface area contributed by atoms with Crippen LogP contribution in [0.4, 0.5) is 0 Å². The molecule has 0 aromatic rings. The van der Waals surface area contributed by atoms with Crippen molar-refractivity contribution >= 4 is 12.0 Å². The zero-order chi connectivity index (χ0) is 4.41. The van der Waals surface area contributed by atoms with Crippen LogP contribution in [0.2, 0.25) is 0 Å². The van der Waals surface area contributed by atoms with E-state index >= 15 is 0 Å². The van der Waals surface area contributed by atoms with Crippen molar-refractivity contribution in [2.75, 3.05) is 5.75 Å². The molecular weight excluding hydrogens is 98.1 g/mol. The van der Waals surface area contributed by atoms with Crippen molar-refractivity contribution in [1.29, 1.82) is 0 Å². The molecule has 1 saturated heterocycles. The minimum Gasteiger partial charge on any atom is -0.305 e. The molecule has 1 atom stereocenters. The third-order valence-corrected chi connectivity index (χ3v) is 1.46. The Bertz CT molecular complexity index is 44.1. The lowest BCUT2D eigenvalue weighted by molar-refractivity contribution is 0.272. The zero-order valence-corrected chi connectivity index (χ0v) is 4.20. The van der Waals surface area contributed by atoms with Crippen LogP contribution < -0.4 is 5.73 Å². The van der Waals surface area contributed by atoms with Crippen LogP contribution in [-0.4, -0.2) is 12.0 Å². The second-order valence-corrected chi connectivity index (χ2v) is 2.08. The van der Waals surface area contributed by atoms with E-state index in [0.29, 0.717) is 0 Å². The fourth-order valence-electron chi connectivity index (χ4n) is 0.348. The average molecular weight is 105 g/mol. The van der Waals surface area contributed by atoms with E-state index < -0.39 is 0 Å². The molecule has 1 aliphatic heterocycles. The molecular formula is C3H7NOS. The predicted octanol–water partition coefficient (Wildman–Crippen LogP) is 0.340. The first-order valence-corrected chi connectivity index (χ1v) is 2.84. The zero-order valence-electron chi connectivity index (χ0n) is 3.39. The molecule has 1 heterocycles. The minimum absolute atomic E-state index is 0.00926. The van der Waals surface area contributed by atoms with Crippen LogP contribution in [0, 0.1) is 0 Å². The third-order valence-electron chi connectivity index (χ3n) is 0.677. The summed E-state index contributed by atoms with van der Waals surface area (Å²) in [5.41, 5.74) is 5.29. The normalized spacial score (nSPS) is 34.5. The van der Waals surface area contributed by atoms with E-state index in [4.69, 9.17) is 9.92 Å². The largest absolute Gasteiger partial charge is 0.305 e. The first-order chi connectivity index (χ1) is 2.89. The van der Waals surface area contributed by atoms with E-state index in [-0.39, 0.29) is 6.23 Å². The van der Waals surface area contributed by atoms with Crippen molar-refractivity contribution in [2.45, 2.75) is 12.6 Å². The van der Waals surface area contributed by atoms with Gasteiger partial charge in [0.05, 0.1) is 0 Å². The van der Waals surface area contributed by atoms with Gasteiger partial charge in [0, 0.05) is 5.75 Å². The molecule has 0 amide bonds. The van der Waals surface area contributed by atoms with Crippen LogP contribution in [0.1, 0.15) is 6.42 Å². The summed E-state index contributed by atoms with van der Waals surface area (Å²) in [5, 5.41) is 0. The van der Waals surface area contributed by atoms with Gasteiger partial charge in [-0.05, 0) is 18.5 Å². The number of nitrogens with two attached hydrogens (primary N) is 1. The van der Waals surface area contributed by atoms with Gasteiger partial charge in [-0.25, -0.2) is 0 Å². The molecule has 0 radical (unpaired) electrons. The Morgan fingerprint density at radius 2 is 2.67 bits per heavy atom. The highest BCUT2D eigenvalue weighted by atomic mass is 32.2. The maximum Gasteiger partial charge on any atom is 0.121 e.